The smallest absolute Gasteiger partial charge is 0.256 e. The van der Waals surface area contributed by atoms with E-state index < -0.39 is 0 Å². The molecule has 0 aliphatic carbocycles. The SMILES string of the molecule is O=C1Nc2ccc(-c3cccnc3)cc2/C1=C/c1cnc[nH]1. The van der Waals surface area contributed by atoms with Gasteiger partial charge in [0.15, 0.2) is 0 Å². The van der Waals surface area contributed by atoms with Crippen molar-refractivity contribution in [2.24, 2.45) is 0 Å². The van der Waals surface area contributed by atoms with Gasteiger partial charge in [-0.2, -0.15) is 0 Å². The zero-order valence-corrected chi connectivity index (χ0v) is 11.6. The van der Waals surface area contributed by atoms with Crippen LogP contribution >= 0.6 is 0 Å². The van der Waals surface area contributed by atoms with Crippen molar-refractivity contribution < 1.29 is 4.79 Å². The Morgan fingerprint density at radius 2 is 2.00 bits per heavy atom. The fourth-order valence-electron chi connectivity index (χ4n) is 2.55. The van der Waals surface area contributed by atoms with E-state index in [1.165, 1.54) is 0 Å². The first-order valence-electron chi connectivity index (χ1n) is 6.87. The van der Waals surface area contributed by atoms with Crippen molar-refractivity contribution in [2.75, 3.05) is 5.32 Å². The molecule has 0 unspecified atom stereocenters. The number of amides is 1. The Hall–Kier alpha value is -3.21. The number of carbonyl (C=O) groups excluding carboxylic acids is 1. The lowest BCUT2D eigenvalue weighted by atomic mass is 10.00. The summed E-state index contributed by atoms with van der Waals surface area (Å²) < 4.78 is 0. The van der Waals surface area contributed by atoms with Gasteiger partial charge in [0.2, 0.25) is 0 Å². The van der Waals surface area contributed by atoms with Gasteiger partial charge in [-0.15, -0.1) is 0 Å². The molecule has 1 amide bonds. The van der Waals surface area contributed by atoms with Gasteiger partial charge < -0.3 is 10.3 Å². The second-order valence-corrected chi connectivity index (χ2v) is 5.02. The normalized spacial score (nSPS) is 14.9. The molecule has 2 N–H and O–H groups in total. The second kappa shape index (κ2) is 4.96. The molecular weight excluding hydrogens is 276 g/mol. The lowest BCUT2D eigenvalue weighted by Crippen LogP contribution is -2.03. The molecule has 1 aliphatic rings. The van der Waals surface area contributed by atoms with Gasteiger partial charge in [-0.05, 0) is 29.8 Å². The van der Waals surface area contributed by atoms with Crippen molar-refractivity contribution in [3.8, 4) is 11.1 Å². The molecule has 0 spiro atoms. The van der Waals surface area contributed by atoms with Gasteiger partial charge in [0.1, 0.15) is 0 Å². The Labute approximate surface area is 126 Å². The van der Waals surface area contributed by atoms with Crippen LogP contribution < -0.4 is 5.32 Å². The Bertz CT molecular complexity index is 867. The predicted octanol–water partition coefficient (Wildman–Crippen LogP) is 2.96. The summed E-state index contributed by atoms with van der Waals surface area (Å²) in [6.07, 6.45) is 8.63. The van der Waals surface area contributed by atoms with E-state index in [1.54, 1.807) is 24.8 Å². The van der Waals surface area contributed by atoms with Gasteiger partial charge in [-0.1, -0.05) is 12.1 Å². The number of nitrogens with zero attached hydrogens (tertiary/aromatic N) is 2. The summed E-state index contributed by atoms with van der Waals surface area (Å²) >= 11 is 0. The summed E-state index contributed by atoms with van der Waals surface area (Å²) in [5, 5.41) is 2.88. The van der Waals surface area contributed by atoms with Crippen LogP contribution in [0.4, 0.5) is 5.69 Å². The van der Waals surface area contributed by atoms with Crippen molar-refractivity contribution in [2.45, 2.75) is 0 Å². The second-order valence-electron chi connectivity index (χ2n) is 5.02. The van der Waals surface area contributed by atoms with Crippen LogP contribution in [0.1, 0.15) is 11.3 Å². The summed E-state index contributed by atoms with van der Waals surface area (Å²) in [6.45, 7) is 0. The van der Waals surface area contributed by atoms with Crippen LogP contribution in [0, 0.1) is 0 Å². The monoisotopic (exact) mass is 288 g/mol. The summed E-state index contributed by atoms with van der Waals surface area (Å²) in [4.78, 5) is 23.3. The number of anilines is 1. The number of aromatic nitrogens is 3. The molecule has 5 nitrogen and oxygen atoms in total. The maximum absolute atomic E-state index is 12.2. The van der Waals surface area contributed by atoms with Gasteiger partial charge in [0.25, 0.3) is 5.91 Å². The van der Waals surface area contributed by atoms with Gasteiger partial charge in [0, 0.05) is 29.2 Å². The first kappa shape index (κ1) is 12.5. The number of pyridine rings is 1. The number of hydrogen-bond donors (Lipinski definition) is 2. The average molecular weight is 288 g/mol. The van der Waals surface area contributed by atoms with Crippen LogP contribution in [0.3, 0.4) is 0 Å². The van der Waals surface area contributed by atoms with Crippen molar-refractivity contribution in [3.05, 3.63) is 66.5 Å². The average Bonchev–Trinajstić information content (AvgIpc) is 3.17. The number of nitrogens with one attached hydrogen (secondary N) is 2. The summed E-state index contributed by atoms with van der Waals surface area (Å²) in [5.41, 5.74) is 5.18. The third kappa shape index (κ3) is 2.09. The quantitative estimate of drug-likeness (QED) is 0.712. The topological polar surface area (TPSA) is 70.7 Å². The third-order valence-corrected chi connectivity index (χ3v) is 3.62. The van der Waals surface area contributed by atoms with Crippen LogP contribution in [0.2, 0.25) is 0 Å². The van der Waals surface area contributed by atoms with Gasteiger partial charge in [-0.25, -0.2) is 4.98 Å². The van der Waals surface area contributed by atoms with E-state index in [4.69, 9.17) is 0 Å². The zero-order valence-electron chi connectivity index (χ0n) is 11.6. The molecular formula is C17H12N4O. The highest BCUT2D eigenvalue weighted by Crippen LogP contribution is 2.35. The highest BCUT2D eigenvalue weighted by atomic mass is 16.2. The largest absolute Gasteiger partial charge is 0.345 e. The minimum atomic E-state index is -0.104. The van der Waals surface area contributed by atoms with E-state index in [0.717, 1.165) is 28.1 Å². The molecule has 4 rings (SSSR count). The molecule has 0 radical (unpaired) electrons. The van der Waals surface area contributed by atoms with Gasteiger partial charge >= 0.3 is 0 Å². The number of rotatable bonds is 2. The zero-order chi connectivity index (χ0) is 14.9. The molecule has 2 aromatic heterocycles. The standard InChI is InChI=1S/C17H12N4O/c22-17-15(7-13-9-19-10-20-13)14-6-11(3-4-16(14)21-17)12-2-1-5-18-8-12/h1-10H,(H,19,20)(H,21,22)/b15-7-. The molecule has 0 atom stereocenters. The van der Waals surface area contributed by atoms with Gasteiger partial charge in [-0.3, -0.25) is 9.78 Å². The molecule has 5 heteroatoms. The fourth-order valence-corrected chi connectivity index (χ4v) is 2.55. The number of imidazole rings is 1. The number of benzene rings is 1. The van der Waals surface area contributed by atoms with Crippen LogP contribution in [-0.4, -0.2) is 20.9 Å². The molecule has 3 heterocycles. The molecule has 1 aliphatic heterocycles. The number of carbonyl (C=O) groups is 1. The van der Waals surface area contributed by atoms with E-state index >= 15 is 0 Å². The van der Waals surface area contributed by atoms with Crippen LogP contribution in [-0.2, 0) is 4.79 Å². The summed E-state index contributed by atoms with van der Waals surface area (Å²) in [6, 6.07) is 9.80. The van der Waals surface area contributed by atoms with Crippen LogP contribution in [0.25, 0.3) is 22.8 Å². The molecule has 1 aromatic carbocycles. The lowest BCUT2D eigenvalue weighted by molar-refractivity contribution is -0.110. The first-order valence-corrected chi connectivity index (χ1v) is 6.87. The van der Waals surface area contributed by atoms with Crippen molar-refractivity contribution in [1.29, 1.82) is 0 Å². The minimum absolute atomic E-state index is 0.104. The summed E-state index contributed by atoms with van der Waals surface area (Å²) in [5.74, 6) is -0.104. The van der Waals surface area contributed by atoms with Crippen molar-refractivity contribution >= 4 is 23.2 Å². The maximum atomic E-state index is 12.2. The Balaban J connectivity index is 1.83. The van der Waals surface area contributed by atoms with Crippen LogP contribution in [0.15, 0.2) is 55.2 Å². The molecule has 106 valence electrons. The number of fused-ring (bicyclic) bond motifs is 1. The van der Waals surface area contributed by atoms with E-state index in [2.05, 4.69) is 20.3 Å². The maximum Gasteiger partial charge on any atom is 0.256 e. The summed E-state index contributed by atoms with van der Waals surface area (Å²) in [7, 11) is 0. The van der Waals surface area contributed by atoms with Crippen molar-refractivity contribution in [1.82, 2.24) is 15.0 Å². The molecule has 0 saturated heterocycles. The number of aromatic amines is 1. The first-order chi connectivity index (χ1) is 10.8. The highest BCUT2D eigenvalue weighted by molar-refractivity contribution is 6.35. The Morgan fingerprint density at radius 1 is 1.05 bits per heavy atom. The highest BCUT2D eigenvalue weighted by Gasteiger charge is 2.24. The predicted molar refractivity (Wildman–Crippen MR) is 84.8 cm³/mol. The number of H-pyrrole nitrogens is 1. The molecule has 3 aromatic rings. The lowest BCUT2D eigenvalue weighted by Gasteiger charge is -2.04. The van der Waals surface area contributed by atoms with E-state index in [-0.39, 0.29) is 5.91 Å². The molecule has 0 saturated carbocycles. The Kier molecular flexibility index (Phi) is 2.83. The molecule has 0 bridgehead atoms. The Morgan fingerprint density at radius 3 is 2.77 bits per heavy atom. The minimum Gasteiger partial charge on any atom is -0.345 e. The molecule has 22 heavy (non-hydrogen) atoms. The van der Waals surface area contributed by atoms with E-state index in [9.17, 15) is 4.79 Å². The van der Waals surface area contributed by atoms with Crippen molar-refractivity contribution in [3.63, 3.8) is 0 Å². The molecule has 0 fully saturated rings. The van der Waals surface area contributed by atoms with Gasteiger partial charge in [0.05, 0.1) is 23.8 Å². The van der Waals surface area contributed by atoms with Crippen LogP contribution in [0.5, 0.6) is 0 Å². The van der Waals surface area contributed by atoms with E-state index in [0.29, 0.717) is 5.57 Å². The fraction of sp³-hybridized carbons (Fsp3) is 0. The van der Waals surface area contributed by atoms with E-state index in [1.807, 2.05) is 36.5 Å². The number of hydrogen-bond acceptors (Lipinski definition) is 3. The third-order valence-electron chi connectivity index (χ3n) is 3.62.